The zero-order valence-corrected chi connectivity index (χ0v) is 12.9. The number of rotatable bonds is 1. The summed E-state index contributed by atoms with van der Waals surface area (Å²) >= 11 is 0. The lowest BCUT2D eigenvalue weighted by molar-refractivity contribution is -0.133. The quantitative estimate of drug-likeness (QED) is 0.653. The van der Waals surface area contributed by atoms with Crippen molar-refractivity contribution in [3.05, 3.63) is 24.0 Å². The maximum Gasteiger partial charge on any atom is 0.274 e. The van der Waals surface area contributed by atoms with Gasteiger partial charge in [0.05, 0.1) is 23.6 Å². The first-order valence-electron chi connectivity index (χ1n) is 6.95. The van der Waals surface area contributed by atoms with Gasteiger partial charge in [0, 0.05) is 26.2 Å². The molecule has 0 spiro atoms. The normalized spacial score (nSPS) is 26.6. The van der Waals surface area contributed by atoms with Crippen molar-refractivity contribution in [2.45, 2.75) is 19.0 Å². The summed E-state index contributed by atoms with van der Waals surface area (Å²) in [6.45, 7) is 2.05. The third kappa shape index (κ3) is 2.56. The minimum atomic E-state index is -3.27. The predicted molar refractivity (Wildman–Crippen MR) is 76.7 cm³/mol. The largest absolute Gasteiger partial charge is 0.335 e. The van der Waals surface area contributed by atoms with Gasteiger partial charge < -0.3 is 9.80 Å². The highest BCUT2D eigenvalue weighted by Gasteiger charge is 2.49. The molecule has 0 radical (unpaired) electrons. The molecule has 0 bridgehead atoms. The summed E-state index contributed by atoms with van der Waals surface area (Å²) in [5.74, 6) is -0.725. The van der Waals surface area contributed by atoms with Crippen LogP contribution in [0.2, 0.25) is 0 Å². The smallest absolute Gasteiger partial charge is 0.274 e. The van der Waals surface area contributed by atoms with Crippen LogP contribution in [0.3, 0.4) is 0 Å². The molecule has 2 aliphatic rings. The highest BCUT2D eigenvalue weighted by atomic mass is 32.2. The number of piperazine rings is 1. The summed E-state index contributed by atoms with van der Waals surface area (Å²) in [4.78, 5) is 27.3. The molecule has 3 heterocycles. The molecule has 2 amide bonds. The summed E-state index contributed by atoms with van der Waals surface area (Å²) < 4.78 is 23.9. The Balaban J connectivity index is 1.91. The number of carbonyl (C=O) groups excluding carboxylic acids is 2. The second-order valence-corrected chi connectivity index (χ2v) is 7.69. The fourth-order valence-corrected chi connectivity index (χ4v) is 5.14. The summed E-state index contributed by atoms with van der Waals surface area (Å²) in [5.41, 5.74) is 0.182. The first-order valence-corrected chi connectivity index (χ1v) is 8.77. The molecule has 2 aliphatic heterocycles. The van der Waals surface area contributed by atoms with E-state index < -0.39 is 21.9 Å². The number of sulfone groups is 1. The second kappa shape index (κ2) is 5.31. The second-order valence-electron chi connectivity index (χ2n) is 5.53. The van der Waals surface area contributed by atoms with E-state index in [9.17, 15) is 18.0 Å². The summed E-state index contributed by atoms with van der Waals surface area (Å²) in [6.07, 6.45) is 1.47. The predicted octanol–water partition coefficient (Wildman–Crippen LogP) is -1.05. The zero-order chi connectivity index (χ0) is 15.9. The van der Waals surface area contributed by atoms with Gasteiger partial charge in [-0.2, -0.15) is 5.10 Å². The molecule has 8 nitrogen and oxygen atoms in total. The minimum Gasteiger partial charge on any atom is -0.335 e. The van der Waals surface area contributed by atoms with Crippen LogP contribution in [0.25, 0.3) is 0 Å². The average molecular weight is 324 g/mol. The van der Waals surface area contributed by atoms with E-state index >= 15 is 0 Å². The van der Waals surface area contributed by atoms with Crippen LogP contribution >= 0.6 is 0 Å². The zero-order valence-electron chi connectivity index (χ0n) is 12.0. The first-order chi connectivity index (χ1) is 10.4. The van der Waals surface area contributed by atoms with E-state index in [0.717, 1.165) is 0 Å². The molecular formula is C13H16N4O4S. The summed E-state index contributed by atoms with van der Waals surface area (Å²) in [6, 6.07) is 2.16. The van der Waals surface area contributed by atoms with Gasteiger partial charge in [0.15, 0.2) is 15.5 Å². The van der Waals surface area contributed by atoms with Gasteiger partial charge in [-0.3, -0.25) is 9.59 Å². The SMILES string of the molecule is CC(=O)N1CCN(C(=O)c2cccnn2)[C@H]2CS(=O)(=O)C[C@H]21. The van der Waals surface area contributed by atoms with Crippen LogP contribution in [0.5, 0.6) is 0 Å². The topological polar surface area (TPSA) is 101 Å². The molecule has 2 fully saturated rings. The number of hydrogen-bond acceptors (Lipinski definition) is 6. The fraction of sp³-hybridized carbons (Fsp3) is 0.538. The molecular weight excluding hydrogens is 308 g/mol. The lowest BCUT2D eigenvalue weighted by Gasteiger charge is -2.43. The maximum atomic E-state index is 12.6. The minimum absolute atomic E-state index is 0.0957. The molecule has 0 saturated carbocycles. The number of fused-ring (bicyclic) bond motifs is 1. The number of carbonyl (C=O) groups is 2. The fourth-order valence-electron chi connectivity index (χ4n) is 3.16. The van der Waals surface area contributed by atoms with Crippen molar-refractivity contribution in [1.82, 2.24) is 20.0 Å². The van der Waals surface area contributed by atoms with Gasteiger partial charge in [-0.1, -0.05) is 0 Å². The third-order valence-electron chi connectivity index (χ3n) is 4.13. The molecule has 0 unspecified atom stereocenters. The van der Waals surface area contributed by atoms with Gasteiger partial charge in [-0.05, 0) is 12.1 Å². The van der Waals surface area contributed by atoms with Crippen molar-refractivity contribution < 1.29 is 18.0 Å². The van der Waals surface area contributed by atoms with E-state index in [-0.39, 0.29) is 29.0 Å². The van der Waals surface area contributed by atoms with Crippen LogP contribution in [-0.4, -0.2) is 76.9 Å². The van der Waals surface area contributed by atoms with Crippen molar-refractivity contribution in [3.8, 4) is 0 Å². The molecule has 1 aromatic heterocycles. The lowest BCUT2D eigenvalue weighted by Crippen LogP contribution is -2.61. The van der Waals surface area contributed by atoms with E-state index in [0.29, 0.717) is 13.1 Å². The van der Waals surface area contributed by atoms with Crippen molar-refractivity contribution in [1.29, 1.82) is 0 Å². The van der Waals surface area contributed by atoms with E-state index in [1.807, 2.05) is 0 Å². The van der Waals surface area contributed by atoms with Crippen LogP contribution in [0.1, 0.15) is 17.4 Å². The van der Waals surface area contributed by atoms with Crippen molar-refractivity contribution in [3.63, 3.8) is 0 Å². The van der Waals surface area contributed by atoms with Gasteiger partial charge in [-0.15, -0.1) is 5.10 Å². The van der Waals surface area contributed by atoms with Crippen molar-refractivity contribution in [2.75, 3.05) is 24.6 Å². The molecule has 2 saturated heterocycles. The summed E-state index contributed by atoms with van der Waals surface area (Å²) in [7, 11) is -3.27. The Morgan fingerprint density at radius 1 is 1.18 bits per heavy atom. The molecule has 0 N–H and O–H groups in total. The highest BCUT2D eigenvalue weighted by molar-refractivity contribution is 7.91. The lowest BCUT2D eigenvalue weighted by atomic mass is 10.0. The van der Waals surface area contributed by atoms with Crippen LogP contribution in [-0.2, 0) is 14.6 Å². The molecule has 2 atom stereocenters. The average Bonchev–Trinajstić information content (AvgIpc) is 2.80. The number of amides is 2. The Morgan fingerprint density at radius 3 is 2.41 bits per heavy atom. The maximum absolute atomic E-state index is 12.6. The van der Waals surface area contributed by atoms with Gasteiger partial charge in [0.25, 0.3) is 5.91 Å². The number of hydrogen-bond donors (Lipinski definition) is 0. The third-order valence-corrected chi connectivity index (χ3v) is 5.83. The van der Waals surface area contributed by atoms with Gasteiger partial charge in [-0.25, -0.2) is 8.42 Å². The molecule has 1 aromatic rings. The van der Waals surface area contributed by atoms with Gasteiger partial charge in [0.1, 0.15) is 0 Å². The van der Waals surface area contributed by atoms with Crippen molar-refractivity contribution >= 4 is 21.7 Å². The standard InChI is InChI=1S/C13H16N4O4S/c1-9(18)16-5-6-17(12-8-22(20,21)7-11(12)16)13(19)10-3-2-4-14-15-10/h2-4,11-12H,5-8H2,1H3/t11-,12+/m1/s1. The monoisotopic (exact) mass is 324 g/mol. The van der Waals surface area contributed by atoms with Crippen LogP contribution < -0.4 is 0 Å². The Morgan fingerprint density at radius 2 is 1.82 bits per heavy atom. The molecule has 118 valence electrons. The van der Waals surface area contributed by atoms with Crippen LogP contribution in [0, 0.1) is 0 Å². The molecule has 9 heteroatoms. The molecule has 3 rings (SSSR count). The molecule has 0 aromatic carbocycles. The van der Waals surface area contributed by atoms with Gasteiger partial charge in [0.2, 0.25) is 5.91 Å². The van der Waals surface area contributed by atoms with E-state index in [2.05, 4.69) is 10.2 Å². The Hall–Kier alpha value is -2.03. The number of nitrogens with zero attached hydrogens (tertiary/aromatic N) is 4. The highest BCUT2D eigenvalue weighted by Crippen LogP contribution is 2.27. The van der Waals surface area contributed by atoms with Gasteiger partial charge >= 0.3 is 0 Å². The van der Waals surface area contributed by atoms with E-state index in [1.54, 1.807) is 17.0 Å². The molecule has 22 heavy (non-hydrogen) atoms. The molecule has 0 aliphatic carbocycles. The Bertz CT molecular complexity index is 706. The Kier molecular flexibility index (Phi) is 3.59. The summed E-state index contributed by atoms with van der Waals surface area (Å²) in [5, 5.41) is 7.46. The first kappa shape index (κ1) is 14.9. The Labute approximate surface area is 128 Å². The van der Waals surface area contributed by atoms with Crippen molar-refractivity contribution in [2.24, 2.45) is 0 Å². The van der Waals surface area contributed by atoms with Crippen LogP contribution in [0.4, 0.5) is 0 Å². The van der Waals surface area contributed by atoms with Crippen LogP contribution in [0.15, 0.2) is 18.3 Å². The van der Waals surface area contributed by atoms with E-state index in [1.165, 1.54) is 18.0 Å². The number of aromatic nitrogens is 2. The van der Waals surface area contributed by atoms with E-state index in [4.69, 9.17) is 0 Å².